The number of rotatable bonds is 8. The van der Waals surface area contributed by atoms with Crippen molar-refractivity contribution in [3.05, 3.63) is 54.1 Å². The largest absolute Gasteiger partial charge is 0.497 e. The molecule has 0 spiro atoms. The molecule has 2 rings (SSSR count). The van der Waals surface area contributed by atoms with E-state index in [2.05, 4.69) is 0 Å². The predicted molar refractivity (Wildman–Crippen MR) is 94.5 cm³/mol. The Morgan fingerprint density at radius 2 is 1.44 bits per heavy atom. The van der Waals surface area contributed by atoms with Crippen molar-refractivity contribution < 1.29 is 24.1 Å². The lowest BCUT2D eigenvalue weighted by atomic mass is 10.2. The summed E-state index contributed by atoms with van der Waals surface area (Å²) in [6.45, 7) is 0.258. The number of likely N-dealkylation sites (N-methyl/N-ethyl adjacent to an activating group) is 1. The molecule has 1 amide bonds. The highest BCUT2D eigenvalue weighted by atomic mass is 16.5. The molecule has 6 heteroatoms. The van der Waals surface area contributed by atoms with Crippen LogP contribution in [0, 0.1) is 0 Å². The van der Waals surface area contributed by atoms with Crippen molar-refractivity contribution in [2.75, 3.05) is 34.4 Å². The lowest BCUT2D eigenvalue weighted by molar-refractivity contribution is 0.0563. The average molecular weight is 345 g/mol. The fourth-order valence-electron chi connectivity index (χ4n) is 2.27. The zero-order valence-electron chi connectivity index (χ0n) is 14.6. The molecule has 0 saturated heterocycles. The van der Waals surface area contributed by atoms with Crippen molar-refractivity contribution in [2.45, 2.75) is 6.10 Å². The minimum Gasteiger partial charge on any atom is -0.497 e. The Bertz CT molecular complexity index is 669. The summed E-state index contributed by atoms with van der Waals surface area (Å²) in [5, 5.41) is 10.1. The lowest BCUT2D eigenvalue weighted by Gasteiger charge is -2.21. The van der Waals surface area contributed by atoms with Crippen LogP contribution in [0.15, 0.2) is 48.5 Å². The van der Waals surface area contributed by atoms with Gasteiger partial charge in [-0.2, -0.15) is 0 Å². The van der Waals surface area contributed by atoms with Crippen molar-refractivity contribution in [2.24, 2.45) is 0 Å². The summed E-state index contributed by atoms with van der Waals surface area (Å²) in [6.07, 6.45) is -0.797. The van der Waals surface area contributed by atoms with Gasteiger partial charge in [-0.05, 0) is 48.5 Å². The van der Waals surface area contributed by atoms with Crippen LogP contribution in [0.2, 0.25) is 0 Å². The Morgan fingerprint density at radius 3 is 1.96 bits per heavy atom. The second kappa shape index (κ2) is 8.94. The van der Waals surface area contributed by atoms with Crippen LogP contribution in [0.3, 0.4) is 0 Å². The van der Waals surface area contributed by atoms with E-state index in [4.69, 9.17) is 14.2 Å². The number of amides is 1. The van der Waals surface area contributed by atoms with Crippen LogP contribution in [-0.4, -0.2) is 56.4 Å². The number of benzene rings is 2. The van der Waals surface area contributed by atoms with E-state index in [-0.39, 0.29) is 19.1 Å². The van der Waals surface area contributed by atoms with Gasteiger partial charge in [-0.1, -0.05) is 0 Å². The number of carbonyl (C=O) groups excluding carboxylic acids is 1. The first kappa shape index (κ1) is 18.6. The number of aliphatic hydroxyl groups is 1. The van der Waals surface area contributed by atoms with Gasteiger partial charge in [0.2, 0.25) is 0 Å². The molecule has 1 atom stereocenters. The third-order valence-electron chi connectivity index (χ3n) is 3.67. The Morgan fingerprint density at radius 1 is 0.960 bits per heavy atom. The molecule has 0 aliphatic carbocycles. The standard InChI is InChI=1S/C19H23NO5/c1-20(19(22)14-4-6-16(23-2)7-5-14)12-15(21)13-25-18-10-8-17(24-3)9-11-18/h4-11,15,21H,12-13H2,1-3H3/t15-/m0/s1. The molecule has 0 heterocycles. The summed E-state index contributed by atoms with van der Waals surface area (Å²) >= 11 is 0. The predicted octanol–water partition coefficient (Wildman–Crippen LogP) is 2.22. The maximum atomic E-state index is 12.3. The molecule has 0 aromatic heterocycles. The van der Waals surface area contributed by atoms with Crippen LogP contribution in [-0.2, 0) is 0 Å². The van der Waals surface area contributed by atoms with Crippen molar-refractivity contribution in [1.82, 2.24) is 4.90 Å². The summed E-state index contributed by atoms with van der Waals surface area (Å²) in [7, 11) is 4.81. The van der Waals surface area contributed by atoms with Gasteiger partial charge in [-0.15, -0.1) is 0 Å². The normalized spacial score (nSPS) is 11.5. The van der Waals surface area contributed by atoms with Crippen molar-refractivity contribution in [3.63, 3.8) is 0 Å². The van der Waals surface area contributed by atoms with Crippen molar-refractivity contribution in [1.29, 1.82) is 0 Å². The molecule has 0 unspecified atom stereocenters. The van der Waals surface area contributed by atoms with E-state index in [1.54, 1.807) is 69.8 Å². The zero-order chi connectivity index (χ0) is 18.2. The Labute approximate surface area is 147 Å². The number of hydrogen-bond acceptors (Lipinski definition) is 5. The Balaban J connectivity index is 1.83. The van der Waals surface area contributed by atoms with Crippen LogP contribution < -0.4 is 14.2 Å². The van der Waals surface area contributed by atoms with Gasteiger partial charge in [0.25, 0.3) is 5.91 Å². The van der Waals surface area contributed by atoms with Crippen LogP contribution in [0.25, 0.3) is 0 Å². The fourth-order valence-corrected chi connectivity index (χ4v) is 2.27. The maximum absolute atomic E-state index is 12.3. The minimum absolute atomic E-state index is 0.0898. The van der Waals surface area contributed by atoms with Crippen LogP contribution >= 0.6 is 0 Å². The summed E-state index contributed by atoms with van der Waals surface area (Å²) in [4.78, 5) is 13.8. The first-order valence-corrected chi connectivity index (χ1v) is 7.88. The highest BCUT2D eigenvalue weighted by molar-refractivity contribution is 5.94. The monoisotopic (exact) mass is 345 g/mol. The molecule has 6 nitrogen and oxygen atoms in total. The highest BCUT2D eigenvalue weighted by Crippen LogP contribution is 2.17. The highest BCUT2D eigenvalue weighted by Gasteiger charge is 2.16. The second-order valence-electron chi connectivity index (χ2n) is 5.55. The molecule has 0 radical (unpaired) electrons. The maximum Gasteiger partial charge on any atom is 0.253 e. The molecule has 0 bridgehead atoms. The Hall–Kier alpha value is -2.73. The van der Waals surface area contributed by atoms with Gasteiger partial charge in [-0.25, -0.2) is 0 Å². The average Bonchev–Trinajstić information content (AvgIpc) is 2.66. The molecule has 1 N–H and O–H groups in total. The van der Waals surface area contributed by atoms with E-state index in [1.807, 2.05) is 0 Å². The van der Waals surface area contributed by atoms with Gasteiger partial charge in [-0.3, -0.25) is 4.79 Å². The molecular formula is C19H23NO5. The number of hydrogen-bond donors (Lipinski definition) is 1. The molecule has 25 heavy (non-hydrogen) atoms. The van der Waals surface area contributed by atoms with Crippen LogP contribution in [0.4, 0.5) is 0 Å². The third-order valence-corrected chi connectivity index (χ3v) is 3.67. The van der Waals surface area contributed by atoms with Gasteiger partial charge >= 0.3 is 0 Å². The third kappa shape index (κ3) is 5.39. The van der Waals surface area contributed by atoms with Gasteiger partial charge in [0.1, 0.15) is 30.0 Å². The number of methoxy groups -OCH3 is 2. The van der Waals surface area contributed by atoms with Gasteiger partial charge < -0.3 is 24.2 Å². The first-order valence-electron chi connectivity index (χ1n) is 7.88. The summed E-state index contributed by atoms with van der Waals surface area (Å²) in [6, 6.07) is 13.9. The summed E-state index contributed by atoms with van der Waals surface area (Å²) in [5.74, 6) is 1.87. The quantitative estimate of drug-likeness (QED) is 0.794. The topological polar surface area (TPSA) is 68.2 Å². The Kier molecular flexibility index (Phi) is 6.65. The second-order valence-corrected chi connectivity index (χ2v) is 5.55. The van der Waals surface area contributed by atoms with E-state index in [1.165, 1.54) is 4.90 Å². The van der Waals surface area contributed by atoms with Crippen molar-refractivity contribution in [3.8, 4) is 17.2 Å². The SMILES string of the molecule is COc1ccc(OC[C@@H](O)CN(C)C(=O)c2ccc(OC)cc2)cc1. The van der Waals surface area contributed by atoms with Crippen LogP contribution in [0.5, 0.6) is 17.2 Å². The molecule has 2 aromatic carbocycles. The molecule has 2 aromatic rings. The van der Waals surface area contributed by atoms with Gasteiger partial charge in [0, 0.05) is 19.2 Å². The molecule has 0 aliphatic heterocycles. The molecular weight excluding hydrogens is 322 g/mol. The number of aliphatic hydroxyl groups excluding tert-OH is 1. The molecule has 0 saturated carbocycles. The fraction of sp³-hybridized carbons (Fsp3) is 0.316. The van der Waals surface area contributed by atoms with E-state index in [0.29, 0.717) is 17.1 Å². The van der Waals surface area contributed by atoms with E-state index < -0.39 is 6.10 Å². The molecule has 134 valence electrons. The van der Waals surface area contributed by atoms with Gasteiger partial charge in [0.15, 0.2) is 0 Å². The summed E-state index contributed by atoms with van der Waals surface area (Å²) < 4.78 is 15.7. The minimum atomic E-state index is -0.797. The van der Waals surface area contributed by atoms with Crippen molar-refractivity contribution >= 4 is 5.91 Å². The lowest BCUT2D eigenvalue weighted by Crippen LogP contribution is -2.37. The number of nitrogens with zero attached hydrogens (tertiary/aromatic N) is 1. The van der Waals surface area contributed by atoms with Gasteiger partial charge in [0.05, 0.1) is 14.2 Å². The van der Waals surface area contributed by atoms with E-state index in [0.717, 1.165) is 5.75 Å². The smallest absolute Gasteiger partial charge is 0.253 e. The van der Waals surface area contributed by atoms with Crippen LogP contribution in [0.1, 0.15) is 10.4 Å². The zero-order valence-corrected chi connectivity index (χ0v) is 14.6. The number of ether oxygens (including phenoxy) is 3. The molecule has 0 aliphatic rings. The van der Waals surface area contributed by atoms with E-state index >= 15 is 0 Å². The molecule has 0 fully saturated rings. The summed E-state index contributed by atoms with van der Waals surface area (Å²) in [5.41, 5.74) is 0.534. The van der Waals surface area contributed by atoms with E-state index in [9.17, 15) is 9.90 Å². The first-order chi connectivity index (χ1) is 12.0. The number of carbonyl (C=O) groups is 1.